The Labute approximate surface area is 165 Å². The monoisotopic (exact) mass is 398 g/mol. The highest BCUT2D eigenvalue weighted by atomic mass is 19.4. The lowest BCUT2D eigenvalue weighted by Gasteiger charge is -2.10. The van der Waals surface area contributed by atoms with Crippen molar-refractivity contribution >= 4 is 17.4 Å². The summed E-state index contributed by atoms with van der Waals surface area (Å²) < 4.78 is 38.3. The van der Waals surface area contributed by atoms with Gasteiger partial charge in [-0.2, -0.15) is 13.2 Å². The van der Waals surface area contributed by atoms with E-state index in [-0.39, 0.29) is 5.69 Å². The van der Waals surface area contributed by atoms with E-state index >= 15 is 0 Å². The van der Waals surface area contributed by atoms with Crippen molar-refractivity contribution < 1.29 is 22.8 Å². The number of nitrogens with one attached hydrogen (secondary N) is 1. The summed E-state index contributed by atoms with van der Waals surface area (Å²) in [6, 6.07) is 14.8. The number of benzene rings is 2. The van der Waals surface area contributed by atoms with E-state index in [2.05, 4.69) is 10.3 Å². The van der Waals surface area contributed by atoms with Gasteiger partial charge in [0.25, 0.3) is 0 Å². The molecule has 0 aliphatic carbocycles. The smallest absolute Gasteiger partial charge is 0.326 e. The third kappa shape index (κ3) is 5.28. The molecule has 0 radical (unpaired) electrons. The minimum Gasteiger partial charge on any atom is -0.326 e. The normalized spacial score (nSPS) is 11.2. The molecule has 0 spiro atoms. The number of ketones is 1. The van der Waals surface area contributed by atoms with Crippen molar-refractivity contribution in [1.82, 2.24) is 4.98 Å². The summed E-state index contributed by atoms with van der Waals surface area (Å²) in [6.45, 7) is 1.87. The van der Waals surface area contributed by atoms with E-state index in [1.807, 2.05) is 25.1 Å². The number of carbonyl (C=O) groups is 2. The van der Waals surface area contributed by atoms with Crippen molar-refractivity contribution in [3.63, 3.8) is 0 Å². The van der Waals surface area contributed by atoms with E-state index in [1.165, 1.54) is 12.1 Å². The Kier molecular flexibility index (Phi) is 5.77. The largest absolute Gasteiger partial charge is 0.416 e. The van der Waals surface area contributed by atoms with E-state index in [1.54, 1.807) is 24.4 Å². The van der Waals surface area contributed by atoms with Gasteiger partial charge in [0, 0.05) is 28.7 Å². The second-order valence-electron chi connectivity index (χ2n) is 6.50. The van der Waals surface area contributed by atoms with Gasteiger partial charge in [0.2, 0.25) is 5.91 Å². The van der Waals surface area contributed by atoms with Gasteiger partial charge in [-0.05, 0) is 42.8 Å². The molecule has 1 N–H and O–H groups in total. The summed E-state index contributed by atoms with van der Waals surface area (Å²) in [5.74, 6) is -1.12. The number of aromatic nitrogens is 1. The first-order chi connectivity index (χ1) is 13.7. The molecule has 0 aliphatic rings. The fourth-order valence-corrected chi connectivity index (χ4v) is 2.74. The Morgan fingerprint density at radius 1 is 0.966 bits per heavy atom. The molecule has 0 saturated carbocycles. The molecule has 0 unspecified atom stereocenters. The van der Waals surface area contributed by atoms with E-state index in [4.69, 9.17) is 0 Å². The maximum Gasteiger partial charge on any atom is 0.416 e. The van der Waals surface area contributed by atoms with E-state index in [0.717, 1.165) is 29.0 Å². The number of hydrogen-bond acceptors (Lipinski definition) is 3. The van der Waals surface area contributed by atoms with Gasteiger partial charge >= 0.3 is 6.18 Å². The van der Waals surface area contributed by atoms with Crippen LogP contribution in [0.25, 0.3) is 11.1 Å². The predicted molar refractivity (Wildman–Crippen MR) is 103 cm³/mol. The lowest BCUT2D eigenvalue weighted by atomic mass is 10.0. The molecule has 148 valence electrons. The number of nitrogens with zero attached hydrogens (tertiary/aromatic N) is 1. The third-order valence-electron chi connectivity index (χ3n) is 4.22. The molecule has 0 fully saturated rings. The van der Waals surface area contributed by atoms with Gasteiger partial charge in [-0.1, -0.05) is 30.3 Å². The first-order valence-corrected chi connectivity index (χ1v) is 8.76. The second kappa shape index (κ2) is 8.26. The van der Waals surface area contributed by atoms with Crippen LogP contribution < -0.4 is 5.32 Å². The average Bonchev–Trinajstić information content (AvgIpc) is 2.68. The van der Waals surface area contributed by atoms with Crippen LogP contribution in [0.3, 0.4) is 0 Å². The Morgan fingerprint density at radius 3 is 2.41 bits per heavy atom. The van der Waals surface area contributed by atoms with Crippen LogP contribution in [0, 0.1) is 6.92 Å². The Morgan fingerprint density at radius 2 is 1.72 bits per heavy atom. The fourth-order valence-electron chi connectivity index (χ4n) is 2.74. The minimum atomic E-state index is -4.51. The summed E-state index contributed by atoms with van der Waals surface area (Å²) in [4.78, 5) is 28.8. The Hall–Kier alpha value is -3.48. The van der Waals surface area contributed by atoms with Crippen LogP contribution in [0.1, 0.15) is 28.0 Å². The highest BCUT2D eigenvalue weighted by molar-refractivity contribution is 6.11. The van der Waals surface area contributed by atoms with Gasteiger partial charge in [-0.3, -0.25) is 14.6 Å². The first-order valence-electron chi connectivity index (χ1n) is 8.76. The molecular weight excluding hydrogens is 381 g/mol. The van der Waals surface area contributed by atoms with Crippen LogP contribution in [0.4, 0.5) is 18.9 Å². The van der Waals surface area contributed by atoms with E-state index < -0.39 is 29.9 Å². The molecular formula is C22H17F3N2O2. The summed E-state index contributed by atoms with van der Waals surface area (Å²) in [6.07, 6.45) is -3.30. The van der Waals surface area contributed by atoms with Crippen molar-refractivity contribution in [1.29, 1.82) is 0 Å². The van der Waals surface area contributed by atoms with Crippen molar-refractivity contribution in [2.24, 2.45) is 0 Å². The molecule has 3 rings (SSSR count). The summed E-state index contributed by atoms with van der Waals surface area (Å²) >= 11 is 0. The molecule has 1 aromatic heterocycles. The summed E-state index contributed by atoms with van der Waals surface area (Å²) in [5, 5.41) is 2.34. The number of aryl methyl sites for hydroxylation is 1. The number of anilines is 1. The van der Waals surface area contributed by atoms with Gasteiger partial charge in [-0.15, -0.1) is 0 Å². The van der Waals surface area contributed by atoms with Gasteiger partial charge in [0.15, 0.2) is 5.78 Å². The maximum absolute atomic E-state index is 12.8. The number of rotatable bonds is 5. The predicted octanol–water partition coefficient (Wildman–Crippen LogP) is 5.29. The van der Waals surface area contributed by atoms with Crippen molar-refractivity contribution in [3.05, 3.63) is 83.7 Å². The molecule has 0 atom stereocenters. The molecule has 29 heavy (non-hydrogen) atoms. The number of Topliss-reactive ketones (excluding diaryl/α,β-unsaturated/α-hetero) is 1. The third-order valence-corrected chi connectivity index (χ3v) is 4.22. The van der Waals surface area contributed by atoms with Crippen molar-refractivity contribution in [2.45, 2.75) is 19.5 Å². The highest BCUT2D eigenvalue weighted by Gasteiger charge is 2.30. The van der Waals surface area contributed by atoms with Crippen molar-refractivity contribution in [2.75, 3.05) is 5.32 Å². The number of amides is 1. The molecule has 7 heteroatoms. The molecule has 3 aromatic rings. The van der Waals surface area contributed by atoms with Crippen LogP contribution >= 0.6 is 0 Å². The lowest BCUT2D eigenvalue weighted by molar-refractivity contribution is -0.137. The SMILES string of the molecule is Cc1ccc(-c2cccc(C(=O)CC(=O)Nc3cccc(C(F)(F)F)c3)c2)cn1. The number of pyridine rings is 1. The average molecular weight is 398 g/mol. The van der Waals surface area contributed by atoms with Gasteiger partial charge in [0.1, 0.15) is 0 Å². The van der Waals surface area contributed by atoms with E-state index in [9.17, 15) is 22.8 Å². The summed E-state index contributed by atoms with van der Waals surface area (Å²) in [7, 11) is 0. The quantitative estimate of drug-likeness (QED) is 0.469. The van der Waals surface area contributed by atoms with Crippen LogP contribution in [0.5, 0.6) is 0 Å². The Bertz CT molecular complexity index is 1040. The molecule has 2 aromatic carbocycles. The van der Waals surface area contributed by atoms with E-state index in [0.29, 0.717) is 5.56 Å². The summed E-state index contributed by atoms with van der Waals surface area (Å²) in [5.41, 5.74) is 1.92. The topological polar surface area (TPSA) is 59.1 Å². The van der Waals surface area contributed by atoms with Crippen LogP contribution in [0.2, 0.25) is 0 Å². The van der Waals surface area contributed by atoms with Gasteiger partial charge in [0.05, 0.1) is 12.0 Å². The number of halogens is 3. The second-order valence-corrected chi connectivity index (χ2v) is 6.50. The number of hydrogen-bond donors (Lipinski definition) is 1. The van der Waals surface area contributed by atoms with Gasteiger partial charge < -0.3 is 5.32 Å². The highest BCUT2D eigenvalue weighted by Crippen LogP contribution is 2.30. The van der Waals surface area contributed by atoms with Gasteiger partial charge in [-0.25, -0.2) is 0 Å². The minimum absolute atomic E-state index is 0.0166. The molecule has 0 saturated heterocycles. The zero-order chi connectivity index (χ0) is 21.0. The molecule has 1 heterocycles. The number of carbonyl (C=O) groups excluding carboxylic acids is 2. The first kappa shape index (κ1) is 20.3. The van der Waals surface area contributed by atoms with Crippen molar-refractivity contribution in [3.8, 4) is 11.1 Å². The van der Waals surface area contributed by atoms with Crippen LogP contribution in [0.15, 0.2) is 66.9 Å². The van der Waals surface area contributed by atoms with Crippen LogP contribution in [-0.2, 0) is 11.0 Å². The molecule has 4 nitrogen and oxygen atoms in total. The zero-order valence-corrected chi connectivity index (χ0v) is 15.5. The molecule has 1 amide bonds. The lowest BCUT2D eigenvalue weighted by Crippen LogP contribution is -2.17. The Balaban J connectivity index is 1.70. The standard InChI is InChI=1S/C22H17F3N2O2/c1-14-8-9-17(13-26-14)15-4-2-5-16(10-15)20(28)12-21(29)27-19-7-3-6-18(11-19)22(23,24)25/h2-11,13H,12H2,1H3,(H,27,29). The zero-order valence-electron chi connectivity index (χ0n) is 15.5. The fraction of sp³-hybridized carbons (Fsp3) is 0.136. The molecule has 0 aliphatic heterocycles. The number of alkyl halides is 3. The van der Waals surface area contributed by atoms with Crippen LogP contribution in [-0.4, -0.2) is 16.7 Å². The molecule has 0 bridgehead atoms. The maximum atomic E-state index is 12.8.